The normalized spacial score (nSPS) is 16.0. The number of aromatic nitrogens is 2. The summed E-state index contributed by atoms with van der Waals surface area (Å²) in [6, 6.07) is 8.00. The van der Waals surface area contributed by atoms with E-state index < -0.39 is 10.0 Å². The van der Waals surface area contributed by atoms with E-state index in [1.165, 1.54) is 27.5 Å². The number of carbonyl (C=O) groups excluding carboxylic acids is 1. The molecule has 0 bridgehead atoms. The van der Waals surface area contributed by atoms with E-state index in [-0.39, 0.29) is 11.8 Å². The van der Waals surface area contributed by atoms with E-state index >= 15 is 0 Å². The van der Waals surface area contributed by atoms with Gasteiger partial charge < -0.3 is 0 Å². The van der Waals surface area contributed by atoms with Gasteiger partial charge in [-0.3, -0.25) is 14.7 Å². The van der Waals surface area contributed by atoms with Gasteiger partial charge in [0.05, 0.1) is 23.0 Å². The Hall–Kier alpha value is -2.36. The first kappa shape index (κ1) is 21.9. The fourth-order valence-corrected chi connectivity index (χ4v) is 6.06. The van der Waals surface area contributed by atoms with Crippen molar-refractivity contribution in [2.45, 2.75) is 33.2 Å². The maximum atomic E-state index is 13.6. The first-order chi connectivity index (χ1) is 14.7. The molecule has 0 spiro atoms. The molecule has 164 valence electrons. The van der Waals surface area contributed by atoms with Crippen molar-refractivity contribution in [3.63, 3.8) is 0 Å². The minimum atomic E-state index is -3.23. The topological polar surface area (TPSA) is 83.5 Å². The van der Waals surface area contributed by atoms with Crippen LogP contribution in [0.4, 0.5) is 5.13 Å². The van der Waals surface area contributed by atoms with E-state index in [2.05, 4.69) is 24.0 Å². The predicted octanol–water partition coefficient (Wildman–Crippen LogP) is 3.51. The lowest BCUT2D eigenvalue weighted by Gasteiger charge is -2.32. The Balaban J connectivity index is 1.65. The molecule has 2 aromatic heterocycles. The fraction of sp³-hybridized carbons (Fsp3) is 0.409. The molecule has 3 heterocycles. The third-order valence-electron chi connectivity index (χ3n) is 5.65. The highest BCUT2D eigenvalue weighted by molar-refractivity contribution is 7.88. The maximum Gasteiger partial charge on any atom is 0.232 e. The van der Waals surface area contributed by atoms with Crippen LogP contribution in [0.1, 0.15) is 29.5 Å². The van der Waals surface area contributed by atoms with Crippen LogP contribution in [-0.2, 0) is 21.4 Å². The van der Waals surface area contributed by atoms with E-state index in [1.54, 1.807) is 17.3 Å². The van der Waals surface area contributed by atoms with Gasteiger partial charge >= 0.3 is 0 Å². The zero-order chi connectivity index (χ0) is 22.2. The Labute approximate surface area is 186 Å². The van der Waals surface area contributed by atoms with Crippen LogP contribution in [0.15, 0.2) is 36.7 Å². The number of rotatable bonds is 5. The second kappa shape index (κ2) is 8.64. The number of nitrogens with zero attached hydrogens (tertiary/aromatic N) is 4. The van der Waals surface area contributed by atoms with Gasteiger partial charge in [0.25, 0.3) is 0 Å². The van der Waals surface area contributed by atoms with Crippen molar-refractivity contribution in [1.82, 2.24) is 14.3 Å². The average molecular weight is 459 g/mol. The van der Waals surface area contributed by atoms with Crippen molar-refractivity contribution >= 4 is 42.6 Å². The fourth-order valence-electron chi connectivity index (χ4n) is 4.04. The molecule has 1 fully saturated rings. The van der Waals surface area contributed by atoms with Crippen LogP contribution in [0.2, 0.25) is 0 Å². The largest absolute Gasteiger partial charge is 0.283 e. The van der Waals surface area contributed by atoms with Gasteiger partial charge in [0, 0.05) is 31.4 Å². The number of sulfonamides is 1. The molecule has 0 unspecified atom stereocenters. The molecule has 1 aliphatic rings. The van der Waals surface area contributed by atoms with E-state index in [0.717, 1.165) is 21.3 Å². The van der Waals surface area contributed by atoms with Gasteiger partial charge in [-0.05, 0) is 55.5 Å². The van der Waals surface area contributed by atoms with Crippen molar-refractivity contribution in [3.8, 4) is 0 Å². The summed E-state index contributed by atoms with van der Waals surface area (Å²) in [4.78, 5) is 24.3. The Morgan fingerprint density at radius 2 is 2.00 bits per heavy atom. The molecule has 31 heavy (non-hydrogen) atoms. The number of carbonyl (C=O) groups is 1. The summed E-state index contributed by atoms with van der Waals surface area (Å²) in [6.45, 7) is 5.21. The second-order valence-electron chi connectivity index (χ2n) is 8.15. The highest BCUT2D eigenvalue weighted by Gasteiger charge is 2.33. The molecular weight excluding hydrogens is 432 g/mol. The quantitative estimate of drug-likeness (QED) is 0.584. The molecule has 7 nitrogen and oxygen atoms in total. The van der Waals surface area contributed by atoms with Gasteiger partial charge in [0.2, 0.25) is 15.9 Å². The van der Waals surface area contributed by atoms with Gasteiger partial charge in [0.1, 0.15) is 0 Å². The van der Waals surface area contributed by atoms with Gasteiger partial charge in [-0.2, -0.15) is 0 Å². The second-order valence-corrected chi connectivity index (χ2v) is 11.1. The van der Waals surface area contributed by atoms with Crippen LogP contribution in [-0.4, -0.2) is 47.9 Å². The number of amides is 1. The number of benzene rings is 1. The lowest BCUT2D eigenvalue weighted by Crippen LogP contribution is -2.44. The van der Waals surface area contributed by atoms with Crippen LogP contribution in [0.25, 0.3) is 10.2 Å². The lowest BCUT2D eigenvalue weighted by atomic mass is 9.96. The molecule has 1 saturated heterocycles. The molecule has 1 aliphatic heterocycles. The van der Waals surface area contributed by atoms with Crippen molar-refractivity contribution in [2.24, 2.45) is 5.92 Å². The molecule has 0 N–H and O–H groups in total. The summed E-state index contributed by atoms with van der Waals surface area (Å²) >= 11 is 1.52. The monoisotopic (exact) mass is 458 g/mol. The molecule has 4 rings (SSSR count). The summed E-state index contributed by atoms with van der Waals surface area (Å²) in [5.74, 6) is -0.241. The standard InChI is InChI=1S/C22H26N4O3S2/c1-15-11-16(2)20-19(12-15)30-22(24-20)26(14-17-5-4-8-23-13-17)21(27)18-6-9-25(10-7-18)31(3,28)29/h4-5,8,11-13,18H,6-7,9-10,14H2,1-3H3. The molecule has 0 radical (unpaired) electrons. The van der Waals surface area contributed by atoms with Crippen molar-refractivity contribution in [3.05, 3.63) is 53.3 Å². The third-order valence-corrected chi connectivity index (χ3v) is 7.98. The lowest BCUT2D eigenvalue weighted by molar-refractivity contribution is -0.123. The van der Waals surface area contributed by atoms with Crippen molar-refractivity contribution in [2.75, 3.05) is 24.2 Å². The minimum Gasteiger partial charge on any atom is -0.283 e. The van der Waals surface area contributed by atoms with Crippen LogP contribution in [0.5, 0.6) is 0 Å². The number of piperidine rings is 1. The Kier molecular flexibility index (Phi) is 6.09. The smallest absolute Gasteiger partial charge is 0.232 e. The minimum absolute atomic E-state index is 0.00886. The number of anilines is 1. The first-order valence-electron chi connectivity index (χ1n) is 10.3. The molecule has 1 aromatic carbocycles. The number of hydrogen-bond donors (Lipinski definition) is 0. The number of pyridine rings is 1. The first-order valence-corrected chi connectivity index (χ1v) is 12.9. The summed E-state index contributed by atoms with van der Waals surface area (Å²) < 4.78 is 26.2. The Morgan fingerprint density at radius 3 is 2.65 bits per heavy atom. The summed E-state index contributed by atoms with van der Waals surface area (Å²) in [7, 11) is -3.23. The highest BCUT2D eigenvalue weighted by Crippen LogP contribution is 2.34. The Bertz CT molecular complexity index is 1200. The average Bonchev–Trinajstić information content (AvgIpc) is 3.16. The number of fused-ring (bicyclic) bond motifs is 1. The Morgan fingerprint density at radius 1 is 1.26 bits per heavy atom. The number of aryl methyl sites for hydroxylation is 2. The van der Waals surface area contributed by atoms with Gasteiger partial charge in [-0.15, -0.1) is 0 Å². The molecule has 0 saturated carbocycles. The molecular formula is C22H26N4O3S2. The zero-order valence-electron chi connectivity index (χ0n) is 17.9. The number of thiazole rings is 1. The molecule has 3 aromatic rings. The van der Waals surface area contributed by atoms with Gasteiger partial charge in [0.15, 0.2) is 5.13 Å². The van der Waals surface area contributed by atoms with E-state index in [4.69, 9.17) is 4.98 Å². The van der Waals surface area contributed by atoms with Gasteiger partial charge in [-0.1, -0.05) is 23.5 Å². The van der Waals surface area contributed by atoms with Crippen molar-refractivity contribution in [1.29, 1.82) is 0 Å². The van der Waals surface area contributed by atoms with E-state index in [0.29, 0.717) is 37.6 Å². The van der Waals surface area contributed by atoms with E-state index in [9.17, 15) is 13.2 Å². The van der Waals surface area contributed by atoms with Crippen LogP contribution in [0.3, 0.4) is 0 Å². The summed E-state index contributed by atoms with van der Waals surface area (Å²) in [5.41, 5.74) is 4.10. The van der Waals surface area contributed by atoms with Crippen molar-refractivity contribution < 1.29 is 13.2 Å². The van der Waals surface area contributed by atoms with Crippen LogP contribution < -0.4 is 4.90 Å². The van der Waals surface area contributed by atoms with Crippen LogP contribution >= 0.6 is 11.3 Å². The predicted molar refractivity (Wildman–Crippen MR) is 124 cm³/mol. The van der Waals surface area contributed by atoms with Crippen LogP contribution in [0, 0.1) is 19.8 Å². The zero-order valence-corrected chi connectivity index (χ0v) is 19.5. The van der Waals surface area contributed by atoms with E-state index in [1.807, 2.05) is 19.1 Å². The number of hydrogen-bond acceptors (Lipinski definition) is 6. The molecule has 1 amide bonds. The third kappa shape index (κ3) is 4.78. The highest BCUT2D eigenvalue weighted by atomic mass is 32.2. The molecule has 0 atom stereocenters. The summed E-state index contributed by atoms with van der Waals surface area (Å²) in [5, 5.41) is 0.670. The summed E-state index contributed by atoms with van der Waals surface area (Å²) in [6.07, 6.45) is 5.71. The maximum absolute atomic E-state index is 13.6. The van der Waals surface area contributed by atoms with Gasteiger partial charge in [-0.25, -0.2) is 17.7 Å². The molecule has 9 heteroatoms. The SMILES string of the molecule is Cc1cc(C)c2nc(N(Cc3cccnc3)C(=O)C3CCN(S(C)(=O)=O)CC3)sc2c1. The molecule has 0 aliphatic carbocycles.